The van der Waals surface area contributed by atoms with Crippen molar-refractivity contribution < 1.29 is 4.74 Å². The zero-order valence-corrected chi connectivity index (χ0v) is 10.3. The van der Waals surface area contributed by atoms with E-state index in [2.05, 4.69) is 11.1 Å². The number of aryl methyl sites for hydroxylation is 2. The van der Waals surface area contributed by atoms with Crippen LogP contribution in [0.5, 0.6) is 11.6 Å². The van der Waals surface area contributed by atoms with E-state index in [4.69, 9.17) is 15.7 Å². The van der Waals surface area contributed by atoms with E-state index < -0.39 is 0 Å². The predicted molar refractivity (Wildman–Crippen MR) is 69.4 cm³/mol. The summed E-state index contributed by atoms with van der Waals surface area (Å²) in [5.41, 5.74) is 8.79. The number of benzene rings is 1. The second-order valence-electron chi connectivity index (χ2n) is 4.04. The van der Waals surface area contributed by atoms with Gasteiger partial charge in [-0.2, -0.15) is 5.26 Å². The molecule has 2 aromatic rings. The SMILES string of the molecule is Cc1ccc(C#N)cc1Oc1nccc(C)c1N. The maximum atomic E-state index is 8.87. The summed E-state index contributed by atoms with van der Waals surface area (Å²) in [7, 11) is 0. The van der Waals surface area contributed by atoms with E-state index >= 15 is 0 Å². The van der Waals surface area contributed by atoms with Crippen LogP contribution in [0, 0.1) is 25.2 Å². The van der Waals surface area contributed by atoms with Crippen LogP contribution in [0.25, 0.3) is 0 Å². The first-order valence-electron chi connectivity index (χ1n) is 5.51. The van der Waals surface area contributed by atoms with Crippen molar-refractivity contribution in [1.82, 2.24) is 4.98 Å². The summed E-state index contributed by atoms with van der Waals surface area (Å²) >= 11 is 0. The van der Waals surface area contributed by atoms with Crippen molar-refractivity contribution in [3.05, 3.63) is 47.2 Å². The first-order valence-corrected chi connectivity index (χ1v) is 5.51. The van der Waals surface area contributed by atoms with Crippen molar-refractivity contribution in [3.63, 3.8) is 0 Å². The molecule has 0 saturated heterocycles. The number of aromatic nitrogens is 1. The van der Waals surface area contributed by atoms with E-state index in [9.17, 15) is 0 Å². The Bertz CT molecular complexity index is 629. The number of anilines is 1. The Balaban J connectivity index is 2.40. The summed E-state index contributed by atoms with van der Waals surface area (Å²) in [4.78, 5) is 4.10. The Morgan fingerprint density at radius 3 is 2.72 bits per heavy atom. The summed E-state index contributed by atoms with van der Waals surface area (Å²) < 4.78 is 5.68. The number of nitrogen functional groups attached to an aromatic ring is 1. The van der Waals surface area contributed by atoms with Crippen LogP contribution in [0.15, 0.2) is 30.5 Å². The Kier molecular flexibility index (Phi) is 3.16. The van der Waals surface area contributed by atoms with Crippen molar-refractivity contribution in [2.24, 2.45) is 0 Å². The number of nitriles is 1. The molecular formula is C14H13N3O. The molecule has 90 valence electrons. The molecule has 4 nitrogen and oxygen atoms in total. The first kappa shape index (κ1) is 11.9. The van der Waals surface area contributed by atoms with Crippen LogP contribution >= 0.6 is 0 Å². The highest BCUT2D eigenvalue weighted by atomic mass is 16.5. The number of hydrogen-bond donors (Lipinski definition) is 1. The molecule has 1 aromatic heterocycles. The van der Waals surface area contributed by atoms with Gasteiger partial charge in [0.25, 0.3) is 0 Å². The number of nitrogens with zero attached hydrogens (tertiary/aromatic N) is 2. The molecule has 0 unspecified atom stereocenters. The maximum Gasteiger partial charge on any atom is 0.242 e. The molecule has 0 atom stereocenters. The van der Waals surface area contributed by atoms with Gasteiger partial charge < -0.3 is 10.5 Å². The van der Waals surface area contributed by atoms with Crippen molar-refractivity contribution in [2.45, 2.75) is 13.8 Å². The largest absolute Gasteiger partial charge is 0.437 e. The van der Waals surface area contributed by atoms with Gasteiger partial charge >= 0.3 is 0 Å². The molecule has 0 aliphatic carbocycles. The molecule has 2 N–H and O–H groups in total. The Morgan fingerprint density at radius 1 is 1.22 bits per heavy atom. The third-order valence-corrected chi connectivity index (χ3v) is 2.70. The van der Waals surface area contributed by atoms with Crippen molar-refractivity contribution in [1.29, 1.82) is 5.26 Å². The average Bonchev–Trinajstić information content (AvgIpc) is 2.37. The van der Waals surface area contributed by atoms with Crippen LogP contribution in [0.2, 0.25) is 0 Å². The van der Waals surface area contributed by atoms with E-state index in [1.54, 1.807) is 18.3 Å². The Morgan fingerprint density at radius 2 is 2.00 bits per heavy atom. The molecule has 0 fully saturated rings. The van der Waals surface area contributed by atoms with Gasteiger partial charge in [-0.3, -0.25) is 0 Å². The second kappa shape index (κ2) is 4.76. The van der Waals surface area contributed by atoms with Crippen LogP contribution in [-0.2, 0) is 0 Å². The number of nitrogens with two attached hydrogens (primary N) is 1. The van der Waals surface area contributed by atoms with Crippen LogP contribution in [-0.4, -0.2) is 4.98 Å². The average molecular weight is 239 g/mol. The van der Waals surface area contributed by atoms with Crippen LogP contribution < -0.4 is 10.5 Å². The standard InChI is InChI=1S/C14H13N3O/c1-9-3-4-11(8-15)7-12(9)18-14-13(16)10(2)5-6-17-14/h3-7H,16H2,1-2H3. The molecule has 4 heteroatoms. The van der Waals surface area contributed by atoms with E-state index in [-0.39, 0.29) is 0 Å². The molecule has 0 aliphatic heterocycles. The lowest BCUT2D eigenvalue weighted by Gasteiger charge is -2.11. The number of pyridine rings is 1. The summed E-state index contributed by atoms with van der Waals surface area (Å²) in [6.07, 6.45) is 1.64. The summed E-state index contributed by atoms with van der Waals surface area (Å²) in [5.74, 6) is 0.965. The lowest BCUT2D eigenvalue weighted by Crippen LogP contribution is -1.98. The lowest BCUT2D eigenvalue weighted by molar-refractivity contribution is 0.461. The molecule has 0 aliphatic rings. The van der Waals surface area contributed by atoms with Crippen molar-refractivity contribution in [3.8, 4) is 17.7 Å². The number of ether oxygens (including phenoxy) is 1. The monoisotopic (exact) mass is 239 g/mol. The predicted octanol–water partition coefficient (Wildman–Crippen LogP) is 2.94. The molecule has 2 rings (SSSR count). The minimum Gasteiger partial charge on any atom is -0.437 e. The van der Waals surface area contributed by atoms with Gasteiger partial charge in [0.15, 0.2) is 0 Å². The third kappa shape index (κ3) is 2.25. The number of rotatable bonds is 2. The molecule has 0 amide bonds. The molecule has 0 saturated carbocycles. The van der Waals surface area contributed by atoms with Gasteiger partial charge in [-0.25, -0.2) is 4.98 Å². The quantitative estimate of drug-likeness (QED) is 0.874. The second-order valence-corrected chi connectivity index (χ2v) is 4.04. The highest BCUT2D eigenvalue weighted by Crippen LogP contribution is 2.29. The Labute approximate surface area is 106 Å². The molecule has 1 heterocycles. The fourth-order valence-electron chi connectivity index (χ4n) is 1.51. The van der Waals surface area contributed by atoms with Crippen LogP contribution in [0.3, 0.4) is 0 Å². The summed E-state index contributed by atoms with van der Waals surface area (Å²) in [6.45, 7) is 3.80. The smallest absolute Gasteiger partial charge is 0.242 e. The van der Waals surface area contributed by atoms with E-state index in [0.717, 1.165) is 11.1 Å². The topological polar surface area (TPSA) is 71.9 Å². The summed E-state index contributed by atoms with van der Waals surface area (Å²) in [5, 5.41) is 8.87. The molecule has 0 radical (unpaired) electrons. The minimum atomic E-state index is 0.369. The molecular weight excluding hydrogens is 226 g/mol. The molecule has 1 aromatic carbocycles. The third-order valence-electron chi connectivity index (χ3n) is 2.70. The van der Waals surface area contributed by atoms with Gasteiger partial charge in [0.2, 0.25) is 5.88 Å². The molecule has 0 bridgehead atoms. The van der Waals surface area contributed by atoms with Gasteiger partial charge in [0.05, 0.1) is 17.3 Å². The first-order chi connectivity index (χ1) is 8.61. The van der Waals surface area contributed by atoms with Gasteiger partial charge in [-0.1, -0.05) is 6.07 Å². The summed E-state index contributed by atoms with van der Waals surface area (Å²) in [6, 6.07) is 9.15. The normalized spacial score (nSPS) is 9.83. The van der Waals surface area contributed by atoms with E-state index in [0.29, 0.717) is 22.9 Å². The fourth-order valence-corrected chi connectivity index (χ4v) is 1.51. The van der Waals surface area contributed by atoms with Gasteiger partial charge in [-0.15, -0.1) is 0 Å². The Hall–Kier alpha value is -2.54. The number of hydrogen-bond acceptors (Lipinski definition) is 4. The highest BCUT2D eigenvalue weighted by Gasteiger charge is 2.08. The molecule has 0 spiro atoms. The van der Waals surface area contributed by atoms with Gasteiger partial charge in [0, 0.05) is 6.20 Å². The minimum absolute atomic E-state index is 0.369. The maximum absolute atomic E-state index is 8.87. The van der Waals surface area contributed by atoms with E-state index in [1.165, 1.54) is 0 Å². The fraction of sp³-hybridized carbons (Fsp3) is 0.143. The van der Waals surface area contributed by atoms with Crippen molar-refractivity contribution in [2.75, 3.05) is 5.73 Å². The van der Waals surface area contributed by atoms with E-state index in [1.807, 2.05) is 26.0 Å². The highest BCUT2D eigenvalue weighted by molar-refractivity contribution is 5.56. The zero-order chi connectivity index (χ0) is 13.1. The van der Waals surface area contributed by atoms with Crippen LogP contribution in [0.1, 0.15) is 16.7 Å². The van der Waals surface area contributed by atoms with Gasteiger partial charge in [0.1, 0.15) is 5.75 Å². The molecule has 18 heavy (non-hydrogen) atoms. The van der Waals surface area contributed by atoms with Crippen LogP contribution in [0.4, 0.5) is 5.69 Å². The zero-order valence-electron chi connectivity index (χ0n) is 10.3. The lowest BCUT2D eigenvalue weighted by atomic mass is 10.1. The van der Waals surface area contributed by atoms with Crippen molar-refractivity contribution >= 4 is 5.69 Å². The van der Waals surface area contributed by atoms with Gasteiger partial charge in [-0.05, 0) is 43.2 Å².